The molecule has 0 unspecified atom stereocenters. The Kier molecular flexibility index (Phi) is 6.49. The third-order valence-corrected chi connectivity index (χ3v) is 4.31. The van der Waals surface area contributed by atoms with Crippen LogP contribution in [0.5, 0.6) is 17.2 Å². The van der Waals surface area contributed by atoms with Crippen molar-refractivity contribution in [3.63, 3.8) is 0 Å². The van der Waals surface area contributed by atoms with Gasteiger partial charge in [-0.2, -0.15) is 5.10 Å². The summed E-state index contributed by atoms with van der Waals surface area (Å²) in [7, 11) is 4.50. The van der Waals surface area contributed by atoms with Crippen LogP contribution in [0.1, 0.15) is 5.56 Å². The highest BCUT2D eigenvalue weighted by molar-refractivity contribution is 6.40. The highest BCUT2D eigenvalue weighted by Crippen LogP contribution is 2.37. The molecule has 30 heavy (non-hydrogen) atoms. The van der Waals surface area contributed by atoms with Gasteiger partial charge in [0, 0.05) is 16.6 Å². The van der Waals surface area contributed by atoms with Crippen LogP contribution in [0.2, 0.25) is 0 Å². The lowest BCUT2D eigenvalue weighted by Crippen LogP contribution is -2.32. The van der Waals surface area contributed by atoms with Crippen molar-refractivity contribution in [3.8, 4) is 17.2 Å². The Hall–Kier alpha value is -4.07. The number of nitrogens with zero attached hydrogens (tertiary/aromatic N) is 1. The zero-order valence-electron chi connectivity index (χ0n) is 16.8. The van der Waals surface area contributed by atoms with Gasteiger partial charge in [0.05, 0.1) is 27.5 Å². The normalized spacial score (nSPS) is 10.6. The Balaban J connectivity index is 1.69. The molecule has 3 rings (SSSR count). The molecule has 0 aliphatic heterocycles. The predicted octanol–water partition coefficient (Wildman–Crippen LogP) is 2.95. The molecule has 0 saturated carbocycles. The van der Waals surface area contributed by atoms with E-state index in [1.165, 1.54) is 27.5 Å². The summed E-state index contributed by atoms with van der Waals surface area (Å²) in [5.74, 6) is -0.396. The average Bonchev–Trinajstić information content (AvgIpc) is 2.78. The molecule has 3 aromatic rings. The van der Waals surface area contributed by atoms with E-state index in [0.717, 1.165) is 10.8 Å². The zero-order chi connectivity index (χ0) is 21.5. The van der Waals surface area contributed by atoms with Crippen molar-refractivity contribution < 1.29 is 23.8 Å². The molecule has 0 aliphatic rings. The highest BCUT2D eigenvalue weighted by Gasteiger charge is 2.15. The molecule has 0 atom stereocenters. The number of rotatable bonds is 6. The van der Waals surface area contributed by atoms with Crippen molar-refractivity contribution >= 4 is 34.5 Å². The standard InChI is InChI=1S/C22H21N3O5/c1-28-18-11-14(12-19(29-2)20(18)30-3)13-23-25-22(27)21(26)24-17-10-6-8-15-7-4-5-9-16(15)17/h4-13H,1-3H3,(H,24,26)(H,25,27)/b23-13-. The number of carbonyl (C=O) groups excluding carboxylic acids is 2. The minimum Gasteiger partial charge on any atom is -0.493 e. The second kappa shape index (κ2) is 9.42. The number of nitrogens with one attached hydrogen (secondary N) is 2. The SMILES string of the molecule is COc1cc(/C=N\NC(=O)C(=O)Nc2cccc3ccccc23)cc(OC)c1OC. The first kappa shape index (κ1) is 20.7. The Bertz CT molecular complexity index is 1080. The minimum atomic E-state index is -0.897. The van der Waals surface area contributed by atoms with Gasteiger partial charge in [0.15, 0.2) is 11.5 Å². The molecule has 0 aliphatic carbocycles. The van der Waals surface area contributed by atoms with Crippen LogP contribution in [-0.4, -0.2) is 39.4 Å². The van der Waals surface area contributed by atoms with Gasteiger partial charge in [-0.05, 0) is 23.6 Å². The molecule has 0 fully saturated rings. The Labute approximate surface area is 173 Å². The molecule has 0 aromatic heterocycles. The summed E-state index contributed by atoms with van der Waals surface area (Å²) in [6.07, 6.45) is 1.37. The van der Waals surface area contributed by atoms with E-state index in [2.05, 4.69) is 15.8 Å². The van der Waals surface area contributed by atoms with Crippen molar-refractivity contribution in [1.29, 1.82) is 0 Å². The van der Waals surface area contributed by atoms with Crippen LogP contribution >= 0.6 is 0 Å². The second-order valence-electron chi connectivity index (χ2n) is 6.14. The number of amides is 2. The first-order valence-electron chi connectivity index (χ1n) is 8.99. The van der Waals surface area contributed by atoms with Gasteiger partial charge in [0.2, 0.25) is 5.75 Å². The van der Waals surface area contributed by atoms with E-state index in [0.29, 0.717) is 28.5 Å². The number of methoxy groups -OCH3 is 3. The van der Waals surface area contributed by atoms with Crippen molar-refractivity contribution in [1.82, 2.24) is 5.43 Å². The lowest BCUT2D eigenvalue weighted by molar-refractivity contribution is -0.136. The lowest BCUT2D eigenvalue weighted by Gasteiger charge is -2.12. The summed E-state index contributed by atoms with van der Waals surface area (Å²) in [5.41, 5.74) is 3.33. The fourth-order valence-electron chi connectivity index (χ4n) is 2.91. The smallest absolute Gasteiger partial charge is 0.329 e. The lowest BCUT2D eigenvalue weighted by atomic mass is 10.1. The van der Waals surface area contributed by atoms with Crippen LogP contribution in [-0.2, 0) is 9.59 Å². The van der Waals surface area contributed by atoms with E-state index in [-0.39, 0.29) is 0 Å². The maximum Gasteiger partial charge on any atom is 0.329 e. The topological polar surface area (TPSA) is 98.2 Å². The van der Waals surface area contributed by atoms with Crippen molar-refractivity contribution in [2.45, 2.75) is 0 Å². The summed E-state index contributed by atoms with van der Waals surface area (Å²) >= 11 is 0. The predicted molar refractivity (Wildman–Crippen MR) is 114 cm³/mol. The van der Waals surface area contributed by atoms with Crippen LogP contribution in [0.3, 0.4) is 0 Å². The molecule has 3 aromatic carbocycles. The number of ether oxygens (including phenoxy) is 3. The van der Waals surface area contributed by atoms with Gasteiger partial charge in [-0.15, -0.1) is 0 Å². The molecule has 0 radical (unpaired) electrons. The maximum absolute atomic E-state index is 12.2. The number of hydrogen-bond acceptors (Lipinski definition) is 6. The first-order valence-corrected chi connectivity index (χ1v) is 8.99. The highest BCUT2D eigenvalue weighted by atomic mass is 16.5. The molecule has 8 nitrogen and oxygen atoms in total. The number of hydrogen-bond donors (Lipinski definition) is 2. The van der Waals surface area contributed by atoms with Gasteiger partial charge in [-0.1, -0.05) is 36.4 Å². The fourth-order valence-corrected chi connectivity index (χ4v) is 2.91. The Morgan fingerprint density at radius 2 is 1.53 bits per heavy atom. The van der Waals surface area contributed by atoms with E-state index in [1.807, 2.05) is 30.3 Å². The average molecular weight is 407 g/mol. The van der Waals surface area contributed by atoms with Gasteiger partial charge in [-0.25, -0.2) is 5.43 Å². The maximum atomic E-state index is 12.2. The molecule has 8 heteroatoms. The van der Waals surface area contributed by atoms with E-state index < -0.39 is 11.8 Å². The van der Waals surface area contributed by atoms with Gasteiger partial charge in [0.1, 0.15) is 0 Å². The zero-order valence-corrected chi connectivity index (χ0v) is 16.8. The molecule has 0 heterocycles. The van der Waals surface area contributed by atoms with Gasteiger partial charge in [-0.3, -0.25) is 9.59 Å². The molecule has 0 saturated heterocycles. The Morgan fingerprint density at radius 1 is 0.867 bits per heavy atom. The van der Waals surface area contributed by atoms with Gasteiger partial charge >= 0.3 is 11.8 Å². The molecule has 0 spiro atoms. The quantitative estimate of drug-likeness (QED) is 0.372. The van der Waals surface area contributed by atoms with Crippen molar-refractivity contribution in [2.24, 2.45) is 5.10 Å². The summed E-state index contributed by atoms with van der Waals surface area (Å²) in [6.45, 7) is 0. The van der Waals surface area contributed by atoms with Gasteiger partial charge < -0.3 is 19.5 Å². The van der Waals surface area contributed by atoms with Crippen LogP contribution in [0.25, 0.3) is 10.8 Å². The minimum absolute atomic E-state index is 0.440. The number of hydrazone groups is 1. The Morgan fingerprint density at radius 3 is 2.20 bits per heavy atom. The number of anilines is 1. The van der Waals surface area contributed by atoms with Crippen molar-refractivity contribution in [2.75, 3.05) is 26.6 Å². The summed E-state index contributed by atoms with van der Waals surface area (Å²) < 4.78 is 15.8. The monoisotopic (exact) mass is 407 g/mol. The third-order valence-electron chi connectivity index (χ3n) is 4.31. The van der Waals surface area contributed by atoms with E-state index >= 15 is 0 Å². The molecule has 2 N–H and O–H groups in total. The third kappa shape index (κ3) is 4.49. The molecular formula is C22H21N3O5. The van der Waals surface area contributed by atoms with Crippen LogP contribution < -0.4 is 25.0 Å². The molecule has 154 valence electrons. The largest absolute Gasteiger partial charge is 0.493 e. The van der Waals surface area contributed by atoms with E-state index in [1.54, 1.807) is 24.3 Å². The fraction of sp³-hybridized carbons (Fsp3) is 0.136. The number of carbonyl (C=O) groups is 2. The molecular weight excluding hydrogens is 386 g/mol. The van der Waals surface area contributed by atoms with E-state index in [4.69, 9.17) is 14.2 Å². The molecule has 2 amide bonds. The van der Waals surface area contributed by atoms with Gasteiger partial charge in [0.25, 0.3) is 0 Å². The number of benzene rings is 3. The summed E-state index contributed by atoms with van der Waals surface area (Å²) in [6, 6.07) is 16.3. The van der Waals surface area contributed by atoms with Crippen molar-refractivity contribution in [3.05, 3.63) is 60.2 Å². The van der Waals surface area contributed by atoms with E-state index in [9.17, 15) is 9.59 Å². The summed E-state index contributed by atoms with van der Waals surface area (Å²) in [5, 5.41) is 8.23. The second-order valence-corrected chi connectivity index (χ2v) is 6.14. The van der Waals surface area contributed by atoms with Crippen LogP contribution in [0.15, 0.2) is 59.7 Å². The van der Waals surface area contributed by atoms with Crippen LogP contribution in [0, 0.1) is 0 Å². The molecule has 0 bridgehead atoms. The first-order chi connectivity index (χ1) is 14.6. The summed E-state index contributed by atoms with van der Waals surface area (Å²) in [4.78, 5) is 24.3. The number of fused-ring (bicyclic) bond motifs is 1. The van der Waals surface area contributed by atoms with Crippen LogP contribution in [0.4, 0.5) is 5.69 Å².